The SMILES string of the molecule is CCc1c(F)c(Cl)c(C)c(C)c1Cl. The number of halogens is 3. The van der Waals surface area contributed by atoms with Crippen LogP contribution in [-0.4, -0.2) is 0 Å². The van der Waals surface area contributed by atoms with Gasteiger partial charge in [-0.2, -0.15) is 0 Å². The molecule has 0 spiro atoms. The molecule has 0 bridgehead atoms. The Balaban J connectivity index is 3.56. The van der Waals surface area contributed by atoms with Gasteiger partial charge < -0.3 is 0 Å². The fourth-order valence-electron chi connectivity index (χ4n) is 1.26. The van der Waals surface area contributed by atoms with Crippen LogP contribution in [0, 0.1) is 19.7 Å². The maximum absolute atomic E-state index is 13.5. The summed E-state index contributed by atoms with van der Waals surface area (Å²) in [6, 6.07) is 0. The lowest BCUT2D eigenvalue weighted by molar-refractivity contribution is 0.611. The van der Waals surface area contributed by atoms with Crippen molar-refractivity contribution in [3.8, 4) is 0 Å². The highest BCUT2D eigenvalue weighted by Crippen LogP contribution is 2.33. The largest absolute Gasteiger partial charge is 0.205 e. The van der Waals surface area contributed by atoms with Gasteiger partial charge in [-0.3, -0.25) is 0 Å². The van der Waals surface area contributed by atoms with E-state index in [2.05, 4.69) is 0 Å². The number of rotatable bonds is 1. The Bertz CT molecular complexity index is 316. The third kappa shape index (κ3) is 1.68. The molecule has 0 heterocycles. The van der Waals surface area contributed by atoms with Crippen LogP contribution in [0.25, 0.3) is 0 Å². The van der Waals surface area contributed by atoms with Crippen LogP contribution in [-0.2, 0) is 6.42 Å². The van der Waals surface area contributed by atoms with Crippen molar-refractivity contribution in [3.63, 3.8) is 0 Å². The summed E-state index contributed by atoms with van der Waals surface area (Å²) in [6.07, 6.45) is 0.561. The van der Waals surface area contributed by atoms with E-state index in [1.54, 1.807) is 6.92 Å². The van der Waals surface area contributed by atoms with Gasteiger partial charge in [0, 0.05) is 10.6 Å². The molecular formula is C10H11Cl2F. The molecule has 72 valence electrons. The first-order valence-electron chi connectivity index (χ1n) is 4.13. The third-order valence-corrected chi connectivity index (χ3v) is 3.26. The van der Waals surface area contributed by atoms with Gasteiger partial charge in [-0.05, 0) is 31.4 Å². The van der Waals surface area contributed by atoms with Crippen LogP contribution in [0.1, 0.15) is 23.6 Å². The Labute approximate surface area is 87.7 Å². The quantitative estimate of drug-likeness (QED) is 0.619. The Morgan fingerprint density at radius 1 is 1.08 bits per heavy atom. The standard InChI is InChI=1S/C10H11Cl2F/c1-4-7-8(11)5(2)6(3)9(12)10(7)13/h4H2,1-3H3. The topological polar surface area (TPSA) is 0 Å². The predicted molar refractivity (Wildman–Crippen MR) is 55.3 cm³/mol. The van der Waals surface area contributed by atoms with Crippen LogP contribution < -0.4 is 0 Å². The summed E-state index contributed by atoms with van der Waals surface area (Å²) in [7, 11) is 0. The van der Waals surface area contributed by atoms with Gasteiger partial charge in [0.2, 0.25) is 0 Å². The van der Waals surface area contributed by atoms with Crippen LogP contribution in [0.5, 0.6) is 0 Å². The molecule has 0 saturated heterocycles. The second-order valence-corrected chi connectivity index (χ2v) is 3.78. The van der Waals surface area contributed by atoms with Crippen LogP contribution in [0.3, 0.4) is 0 Å². The zero-order valence-corrected chi connectivity index (χ0v) is 9.35. The van der Waals surface area contributed by atoms with E-state index in [0.29, 0.717) is 17.0 Å². The lowest BCUT2D eigenvalue weighted by Gasteiger charge is -2.11. The highest BCUT2D eigenvalue weighted by molar-refractivity contribution is 6.35. The molecule has 0 atom stereocenters. The van der Waals surface area contributed by atoms with Crippen molar-refractivity contribution < 1.29 is 4.39 Å². The van der Waals surface area contributed by atoms with Crippen molar-refractivity contribution in [2.24, 2.45) is 0 Å². The van der Waals surface area contributed by atoms with Crippen LogP contribution in [0.2, 0.25) is 10.0 Å². The van der Waals surface area contributed by atoms with Crippen molar-refractivity contribution in [1.82, 2.24) is 0 Å². The molecule has 0 aliphatic rings. The molecule has 0 fully saturated rings. The molecule has 0 saturated carbocycles. The van der Waals surface area contributed by atoms with E-state index < -0.39 is 0 Å². The smallest absolute Gasteiger partial charge is 0.146 e. The first kappa shape index (κ1) is 10.8. The molecule has 0 nitrogen and oxygen atoms in total. The first-order chi connectivity index (χ1) is 6.00. The molecule has 1 aromatic carbocycles. The highest BCUT2D eigenvalue weighted by atomic mass is 35.5. The van der Waals surface area contributed by atoms with Crippen LogP contribution >= 0.6 is 23.2 Å². The van der Waals surface area contributed by atoms with Crippen molar-refractivity contribution >= 4 is 23.2 Å². The molecule has 0 unspecified atom stereocenters. The summed E-state index contributed by atoms with van der Waals surface area (Å²) < 4.78 is 13.5. The van der Waals surface area contributed by atoms with Crippen LogP contribution in [0.15, 0.2) is 0 Å². The number of benzene rings is 1. The summed E-state index contributed by atoms with van der Waals surface area (Å²) in [4.78, 5) is 0. The fourth-order valence-corrected chi connectivity index (χ4v) is 1.87. The summed E-state index contributed by atoms with van der Waals surface area (Å²) in [5.41, 5.74) is 2.10. The zero-order chi connectivity index (χ0) is 10.2. The first-order valence-corrected chi connectivity index (χ1v) is 4.88. The van der Waals surface area contributed by atoms with E-state index in [1.165, 1.54) is 0 Å². The van der Waals surface area contributed by atoms with E-state index >= 15 is 0 Å². The second kappa shape index (κ2) is 3.85. The van der Waals surface area contributed by atoms with Gasteiger partial charge >= 0.3 is 0 Å². The monoisotopic (exact) mass is 220 g/mol. The highest BCUT2D eigenvalue weighted by Gasteiger charge is 2.15. The van der Waals surface area contributed by atoms with Gasteiger partial charge in [0.25, 0.3) is 0 Å². The molecular weight excluding hydrogens is 210 g/mol. The molecule has 0 aromatic heterocycles. The predicted octanol–water partition coefficient (Wildman–Crippen LogP) is 4.31. The van der Waals surface area contributed by atoms with Crippen molar-refractivity contribution in [3.05, 3.63) is 32.6 Å². The lowest BCUT2D eigenvalue weighted by Crippen LogP contribution is -1.97. The van der Waals surface area contributed by atoms with Crippen molar-refractivity contribution in [2.75, 3.05) is 0 Å². The summed E-state index contributed by atoms with van der Waals surface area (Å²) in [5, 5.41) is 0.695. The maximum Gasteiger partial charge on any atom is 0.146 e. The van der Waals surface area contributed by atoms with Gasteiger partial charge in [0.05, 0.1) is 5.02 Å². The Morgan fingerprint density at radius 2 is 1.54 bits per heavy atom. The van der Waals surface area contributed by atoms with E-state index in [0.717, 1.165) is 11.1 Å². The van der Waals surface area contributed by atoms with E-state index in [1.807, 2.05) is 13.8 Å². The minimum Gasteiger partial charge on any atom is -0.205 e. The van der Waals surface area contributed by atoms with Gasteiger partial charge in [-0.15, -0.1) is 0 Å². The van der Waals surface area contributed by atoms with Gasteiger partial charge in [0.1, 0.15) is 5.82 Å². The molecule has 0 N–H and O–H groups in total. The van der Waals surface area contributed by atoms with E-state index in [9.17, 15) is 4.39 Å². The average Bonchev–Trinajstić information content (AvgIpc) is 2.13. The fraction of sp³-hybridized carbons (Fsp3) is 0.400. The normalized spacial score (nSPS) is 10.6. The molecule has 1 aromatic rings. The maximum atomic E-state index is 13.5. The minimum atomic E-state index is -0.378. The molecule has 0 aliphatic carbocycles. The van der Waals surface area contributed by atoms with Gasteiger partial charge in [0.15, 0.2) is 0 Å². The van der Waals surface area contributed by atoms with E-state index in [-0.39, 0.29) is 10.8 Å². The molecule has 3 heteroatoms. The van der Waals surface area contributed by atoms with Gasteiger partial charge in [-0.25, -0.2) is 4.39 Å². The lowest BCUT2D eigenvalue weighted by atomic mass is 10.0. The molecule has 0 radical (unpaired) electrons. The zero-order valence-electron chi connectivity index (χ0n) is 7.84. The van der Waals surface area contributed by atoms with Crippen molar-refractivity contribution in [2.45, 2.75) is 27.2 Å². The molecule has 0 aliphatic heterocycles. The summed E-state index contributed by atoms with van der Waals surface area (Å²) in [6.45, 7) is 5.48. The van der Waals surface area contributed by atoms with Gasteiger partial charge in [-0.1, -0.05) is 30.1 Å². The minimum absolute atomic E-state index is 0.193. The Hall–Kier alpha value is -0.270. The Kier molecular flexibility index (Phi) is 3.20. The third-order valence-electron chi connectivity index (χ3n) is 2.30. The summed E-state index contributed by atoms with van der Waals surface area (Å²) in [5.74, 6) is -0.378. The molecule has 1 rings (SSSR count). The second-order valence-electron chi connectivity index (χ2n) is 3.02. The van der Waals surface area contributed by atoms with E-state index in [4.69, 9.17) is 23.2 Å². The number of hydrogen-bond donors (Lipinski definition) is 0. The Morgan fingerprint density at radius 3 is 2.00 bits per heavy atom. The average molecular weight is 221 g/mol. The van der Waals surface area contributed by atoms with Crippen molar-refractivity contribution in [1.29, 1.82) is 0 Å². The molecule has 0 amide bonds. The number of hydrogen-bond acceptors (Lipinski definition) is 0. The van der Waals surface area contributed by atoms with Crippen LogP contribution in [0.4, 0.5) is 4.39 Å². The molecule has 13 heavy (non-hydrogen) atoms. The summed E-state index contributed by atoms with van der Waals surface area (Å²) >= 11 is 11.8.